The smallest absolute Gasteiger partial charge is 0.145 e. The summed E-state index contributed by atoms with van der Waals surface area (Å²) < 4.78 is 6.85. The van der Waals surface area contributed by atoms with Crippen LogP contribution in [0.2, 0.25) is 0 Å². The van der Waals surface area contributed by atoms with Gasteiger partial charge < -0.3 is 14.2 Å². The molecule has 0 N–H and O–H groups in total. The number of hydrogen-bond donors (Lipinski definition) is 0. The van der Waals surface area contributed by atoms with Gasteiger partial charge in [-0.1, -0.05) is 218 Å². The lowest BCUT2D eigenvalue weighted by Crippen LogP contribution is -2.14. The van der Waals surface area contributed by atoms with E-state index < -0.39 is 0 Å². The summed E-state index contributed by atoms with van der Waals surface area (Å²) in [6, 6.07) is 99.7. The molecule has 0 amide bonds. The molecule has 0 aliphatic rings. The van der Waals surface area contributed by atoms with Crippen LogP contribution < -0.4 is 9.80 Å². The minimum absolute atomic E-state index is 0.858. The number of nitrogens with zero attached hydrogens (tertiary/aromatic N) is 2. The Morgan fingerprint density at radius 1 is 0.246 bits per heavy atom. The second-order valence-electron chi connectivity index (χ2n) is 17.2. The van der Waals surface area contributed by atoms with Crippen LogP contribution in [-0.4, -0.2) is 0 Å². The second kappa shape index (κ2) is 18.2. The van der Waals surface area contributed by atoms with Gasteiger partial charge in [-0.2, -0.15) is 0 Å². The highest BCUT2D eigenvalue weighted by Gasteiger charge is 2.26. The highest BCUT2D eigenvalue weighted by Crippen LogP contribution is 2.50. The van der Waals surface area contributed by atoms with Crippen LogP contribution in [0, 0.1) is 0 Å². The van der Waals surface area contributed by atoms with Gasteiger partial charge >= 0.3 is 0 Å². The lowest BCUT2D eigenvalue weighted by atomic mass is 9.96. The molecule has 0 saturated heterocycles. The van der Waals surface area contributed by atoms with E-state index in [4.69, 9.17) is 4.42 Å². The molecule has 69 heavy (non-hydrogen) atoms. The van der Waals surface area contributed by atoms with Crippen molar-refractivity contribution in [2.45, 2.75) is 0 Å². The molecule has 12 rings (SSSR count). The molecule has 0 radical (unpaired) electrons. The third-order valence-corrected chi connectivity index (χ3v) is 13.1. The number of rotatable bonds is 11. The molecule has 0 aliphatic heterocycles. The molecular weight excluding hydrogens is 837 g/mol. The van der Waals surface area contributed by atoms with Gasteiger partial charge in [-0.15, -0.1) is 0 Å². The first-order valence-corrected chi connectivity index (χ1v) is 23.5. The Kier molecular flexibility index (Phi) is 10.9. The SMILES string of the molecule is c1ccc(-c2ccc(N(c3cccc(-c4ccccc4N(c4ccccc4-c4ccccc4)c4ccccc4-c4ccccc4)c3)c3ccc4c(oc5ccccc54)c3-c3ccccc3)cc2)cc1. The standard InChI is InChI=1S/C66H46N2O/c1-5-22-47(23-6-1)48-40-42-53(43-41-48)67(63-45-44-59-58-35-16-20-39-64(58)69-66(59)65(63)51-28-11-4-12-29-51)54-31-21-30-52(46-54)57-34-15-19-38-62(57)68(60-36-17-13-32-55(60)49-24-7-2-8-25-49)61-37-18-14-33-56(61)50-26-9-3-10-27-50/h1-46H. The van der Waals surface area contributed by atoms with Gasteiger partial charge in [-0.25, -0.2) is 0 Å². The predicted octanol–water partition coefficient (Wildman–Crippen LogP) is 18.9. The summed E-state index contributed by atoms with van der Waals surface area (Å²) in [6.45, 7) is 0. The fourth-order valence-corrected chi connectivity index (χ4v) is 9.88. The largest absolute Gasteiger partial charge is 0.455 e. The Labute approximate surface area is 403 Å². The van der Waals surface area contributed by atoms with Crippen molar-refractivity contribution in [1.29, 1.82) is 0 Å². The maximum Gasteiger partial charge on any atom is 0.145 e. The van der Waals surface area contributed by atoms with Crippen molar-refractivity contribution >= 4 is 56.1 Å². The van der Waals surface area contributed by atoms with Crippen LogP contribution in [0.25, 0.3) is 77.6 Å². The first-order chi connectivity index (χ1) is 34.3. The minimum atomic E-state index is 0.858. The average Bonchev–Trinajstić information content (AvgIpc) is 3.81. The lowest BCUT2D eigenvalue weighted by Gasteiger charge is -2.32. The molecule has 0 spiro atoms. The van der Waals surface area contributed by atoms with Crippen LogP contribution in [-0.2, 0) is 0 Å². The molecule has 0 aliphatic carbocycles. The maximum absolute atomic E-state index is 6.85. The first-order valence-electron chi connectivity index (χ1n) is 23.5. The van der Waals surface area contributed by atoms with Gasteiger partial charge in [-0.05, 0) is 94.0 Å². The van der Waals surface area contributed by atoms with Gasteiger partial charge in [0, 0.05) is 44.4 Å². The minimum Gasteiger partial charge on any atom is -0.455 e. The van der Waals surface area contributed by atoms with Crippen molar-refractivity contribution in [3.05, 3.63) is 279 Å². The van der Waals surface area contributed by atoms with E-state index >= 15 is 0 Å². The van der Waals surface area contributed by atoms with Crippen LogP contribution in [0.4, 0.5) is 34.1 Å². The van der Waals surface area contributed by atoms with E-state index in [1.165, 1.54) is 5.56 Å². The summed E-state index contributed by atoms with van der Waals surface area (Å²) in [7, 11) is 0. The summed E-state index contributed by atoms with van der Waals surface area (Å²) >= 11 is 0. The number of furan rings is 1. The molecule has 0 atom stereocenters. The molecule has 1 aromatic heterocycles. The summed E-state index contributed by atoms with van der Waals surface area (Å²) in [6.07, 6.45) is 0. The van der Waals surface area contributed by atoms with Crippen molar-refractivity contribution in [1.82, 2.24) is 0 Å². The molecule has 3 nitrogen and oxygen atoms in total. The molecule has 326 valence electrons. The zero-order valence-corrected chi connectivity index (χ0v) is 37.9. The van der Waals surface area contributed by atoms with Gasteiger partial charge in [0.25, 0.3) is 0 Å². The molecular formula is C66H46N2O. The highest BCUT2D eigenvalue weighted by molar-refractivity contribution is 6.13. The number of anilines is 6. The fraction of sp³-hybridized carbons (Fsp3) is 0. The Morgan fingerprint density at radius 3 is 1.28 bits per heavy atom. The van der Waals surface area contributed by atoms with E-state index in [0.29, 0.717) is 0 Å². The molecule has 0 bridgehead atoms. The summed E-state index contributed by atoms with van der Waals surface area (Å²) in [5, 5.41) is 2.18. The van der Waals surface area contributed by atoms with E-state index in [1.807, 2.05) is 6.07 Å². The van der Waals surface area contributed by atoms with Crippen LogP contribution in [0.3, 0.4) is 0 Å². The summed E-state index contributed by atoms with van der Waals surface area (Å²) in [4.78, 5) is 4.85. The van der Waals surface area contributed by atoms with Crippen LogP contribution in [0.1, 0.15) is 0 Å². The quantitative estimate of drug-likeness (QED) is 0.129. The van der Waals surface area contributed by atoms with Gasteiger partial charge in [-0.3, -0.25) is 0 Å². The summed E-state index contributed by atoms with van der Waals surface area (Å²) in [5.41, 5.74) is 19.2. The average molecular weight is 883 g/mol. The number of hydrogen-bond acceptors (Lipinski definition) is 3. The fourth-order valence-electron chi connectivity index (χ4n) is 9.88. The topological polar surface area (TPSA) is 19.6 Å². The van der Waals surface area contributed by atoms with Crippen LogP contribution in [0.5, 0.6) is 0 Å². The normalized spacial score (nSPS) is 11.2. The highest BCUT2D eigenvalue weighted by atomic mass is 16.3. The Bertz CT molecular complexity index is 3630. The van der Waals surface area contributed by atoms with Crippen LogP contribution in [0.15, 0.2) is 283 Å². The number of para-hydroxylation sites is 4. The molecule has 1 heterocycles. The van der Waals surface area contributed by atoms with Crippen LogP contribution >= 0.6 is 0 Å². The van der Waals surface area contributed by atoms with E-state index in [9.17, 15) is 0 Å². The van der Waals surface area contributed by atoms with Gasteiger partial charge in [0.05, 0.1) is 22.7 Å². The molecule has 3 heteroatoms. The van der Waals surface area contributed by atoms with Gasteiger partial charge in [0.15, 0.2) is 0 Å². The lowest BCUT2D eigenvalue weighted by molar-refractivity contribution is 0.670. The van der Waals surface area contributed by atoms with Gasteiger partial charge in [0.1, 0.15) is 11.2 Å². The molecule has 11 aromatic carbocycles. The predicted molar refractivity (Wildman–Crippen MR) is 290 cm³/mol. The van der Waals surface area contributed by atoms with Crippen molar-refractivity contribution in [3.8, 4) is 55.6 Å². The zero-order valence-electron chi connectivity index (χ0n) is 37.9. The van der Waals surface area contributed by atoms with E-state index in [2.05, 4.69) is 283 Å². The molecule has 12 aromatic rings. The third-order valence-electron chi connectivity index (χ3n) is 13.1. The maximum atomic E-state index is 6.85. The van der Waals surface area contributed by atoms with Crippen molar-refractivity contribution in [3.63, 3.8) is 0 Å². The Morgan fingerprint density at radius 2 is 0.696 bits per heavy atom. The molecule has 0 unspecified atom stereocenters. The third kappa shape index (κ3) is 7.82. The first kappa shape index (κ1) is 41.3. The van der Waals surface area contributed by atoms with Crippen molar-refractivity contribution < 1.29 is 4.42 Å². The molecule has 0 fully saturated rings. The van der Waals surface area contributed by atoms with Crippen molar-refractivity contribution in [2.75, 3.05) is 9.80 Å². The van der Waals surface area contributed by atoms with E-state index in [-0.39, 0.29) is 0 Å². The van der Waals surface area contributed by atoms with Gasteiger partial charge in [0.2, 0.25) is 0 Å². The zero-order chi connectivity index (χ0) is 45.9. The molecule has 0 saturated carbocycles. The second-order valence-corrected chi connectivity index (χ2v) is 17.2. The summed E-state index contributed by atoms with van der Waals surface area (Å²) in [5.74, 6) is 0. The monoisotopic (exact) mass is 882 g/mol. The number of fused-ring (bicyclic) bond motifs is 3. The Balaban J connectivity index is 1.08. The van der Waals surface area contributed by atoms with Crippen molar-refractivity contribution in [2.24, 2.45) is 0 Å². The van der Waals surface area contributed by atoms with E-state index in [0.717, 1.165) is 106 Å². The Hall–Kier alpha value is -9.18. The number of benzene rings is 11. The van der Waals surface area contributed by atoms with E-state index in [1.54, 1.807) is 0 Å².